The minimum Gasteiger partial charge on any atom is -0.433 e. The van der Waals surface area contributed by atoms with Gasteiger partial charge in [-0.15, -0.1) is 0 Å². The monoisotopic (exact) mass is 588 g/mol. The molecule has 0 radical (unpaired) electrons. The molecular weight excluding hydrogens is 538 g/mol. The highest BCUT2D eigenvalue weighted by atomic mass is 19.3. The normalized spacial score (nSPS) is 14.4. The summed E-state index contributed by atoms with van der Waals surface area (Å²) in [5.41, 5.74) is 9.34. The molecule has 0 aliphatic rings. The number of carbonyl (C=O) groups excluding carboxylic acids is 1. The molecule has 0 heterocycles. The summed E-state index contributed by atoms with van der Waals surface area (Å²) in [6, 6.07) is 5.99. The fraction of sp³-hybridized carbons (Fsp3) is 0.529. The maximum absolute atomic E-state index is 13.1. The first-order valence-corrected chi connectivity index (χ1v) is 14.6. The van der Waals surface area contributed by atoms with Gasteiger partial charge in [0.15, 0.2) is 0 Å². The number of allylic oxidation sites excluding steroid dienone is 4. The molecule has 8 heteroatoms. The number of ether oxygens (including phenoxy) is 1. The molecule has 42 heavy (non-hydrogen) atoms. The zero-order valence-corrected chi connectivity index (χ0v) is 26.5. The molecule has 0 saturated heterocycles. The van der Waals surface area contributed by atoms with Crippen molar-refractivity contribution in [2.24, 2.45) is 22.6 Å². The number of aliphatic imine (C=N–C) groups is 1. The van der Waals surface area contributed by atoms with Crippen molar-refractivity contribution in [1.82, 2.24) is 0 Å². The number of alkyl halides is 2. The summed E-state index contributed by atoms with van der Waals surface area (Å²) in [7, 11) is 0. The predicted octanol–water partition coefficient (Wildman–Crippen LogP) is 7.68. The van der Waals surface area contributed by atoms with Gasteiger partial charge < -0.3 is 20.7 Å². The van der Waals surface area contributed by atoms with Gasteiger partial charge >= 0.3 is 6.11 Å². The van der Waals surface area contributed by atoms with Gasteiger partial charge in [0.2, 0.25) is 5.78 Å². The Morgan fingerprint density at radius 1 is 1.14 bits per heavy atom. The van der Waals surface area contributed by atoms with Gasteiger partial charge in [0.05, 0.1) is 12.3 Å². The van der Waals surface area contributed by atoms with Crippen LogP contribution in [0.15, 0.2) is 64.3 Å². The molecule has 1 aromatic rings. The number of halogens is 2. The molecule has 6 nitrogen and oxygen atoms in total. The highest BCUT2D eigenvalue weighted by Gasteiger charge is 2.24. The van der Waals surface area contributed by atoms with Crippen LogP contribution >= 0.6 is 0 Å². The van der Waals surface area contributed by atoms with E-state index < -0.39 is 18.8 Å². The summed E-state index contributed by atoms with van der Waals surface area (Å²) < 4.78 is 30.7. The van der Waals surface area contributed by atoms with E-state index in [1.807, 2.05) is 39.8 Å². The molecule has 1 rings (SSSR count). The van der Waals surface area contributed by atoms with Crippen LogP contribution in [0.25, 0.3) is 0 Å². The Kier molecular flexibility index (Phi) is 19.0. The van der Waals surface area contributed by atoms with E-state index >= 15 is 0 Å². The number of ketones is 1. The fourth-order valence-electron chi connectivity index (χ4n) is 3.89. The topological polar surface area (TPSA) is 105 Å². The van der Waals surface area contributed by atoms with Crippen molar-refractivity contribution in [3.63, 3.8) is 0 Å². The van der Waals surface area contributed by atoms with Gasteiger partial charge in [-0.2, -0.15) is 8.78 Å². The average molecular weight is 589 g/mol. The number of carbonyl (C=O) groups is 1. The summed E-state index contributed by atoms with van der Waals surface area (Å²) in [5, 5.41) is 20.3. The summed E-state index contributed by atoms with van der Waals surface area (Å²) in [4.78, 5) is 15.4. The molecule has 4 N–H and O–H groups in total. The van der Waals surface area contributed by atoms with Crippen molar-refractivity contribution in [3.8, 4) is 17.6 Å². The molecule has 2 atom stereocenters. The number of hydrogen-bond acceptors (Lipinski definition) is 6. The van der Waals surface area contributed by atoms with Crippen LogP contribution in [0.1, 0.15) is 87.5 Å². The molecule has 234 valence electrons. The summed E-state index contributed by atoms with van der Waals surface area (Å²) in [5.74, 6) is 5.36. The number of hydrogen-bond donors (Lipinski definition) is 3. The Balaban J connectivity index is 0.00000160. The van der Waals surface area contributed by atoms with Crippen LogP contribution in [0, 0.1) is 23.7 Å². The van der Waals surface area contributed by atoms with Crippen LogP contribution < -0.4 is 10.5 Å². The second kappa shape index (κ2) is 20.6. The van der Waals surface area contributed by atoms with Gasteiger partial charge in [-0.25, -0.2) is 0 Å². The van der Waals surface area contributed by atoms with E-state index in [4.69, 9.17) is 5.73 Å². The summed E-state index contributed by atoms with van der Waals surface area (Å²) in [6.45, 7) is 13.7. The van der Waals surface area contributed by atoms with Crippen molar-refractivity contribution in [3.05, 3.63) is 59.3 Å². The van der Waals surface area contributed by atoms with E-state index in [1.165, 1.54) is 12.1 Å². The van der Waals surface area contributed by atoms with E-state index in [1.54, 1.807) is 32.1 Å². The molecule has 0 bridgehead atoms. The number of nitrogens with two attached hydrogens (primary N) is 1. The van der Waals surface area contributed by atoms with Crippen LogP contribution in [0.4, 0.5) is 14.5 Å². The third-order valence-corrected chi connectivity index (χ3v) is 6.50. The second-order valence-corrected chi connectivity index (χ2v) is 10.0. The fourth-order valence-corrected chi connectivity index (χ4v) is 3.89. The first-order chi connectivity index (χ1) is 19.8. The first kappa shape index (κ1) is 38.7. The zero-order chi connectivity index (χ0) is 32.3. The predicted molar refractivity (Wildman–Crippen MR) is 169 cm³/mol. The quantitative estimate of drug-likeness (QED) is 0.0844. The molecule has 0 aliphatic heterocycles. The number of benzene rings is 1. The molecule has 0 aliphatic carbocycles. The van der Waals surface area contributed by atoms with E-state index in [9.17, 15) is 23.8 Å². The molecular formula is C34H50F2N2O4. The van der Waals surface area contributed by atoms with Gasteiger partial charge in [0.1, 0.15) is 11.9 Å². The zero-order valence-electron chi connectivity index (χ0n) is 26.5. The third-order valence-electron chi connectivity index (χ3n) is 6.50. The number of Topliss-reactive ketones (excluding diaryl/α,β-unsaturated/α-hetero) is 1. The Bertz CT molecular complexity index is 1130. The van der Waals surface area contributed by atoms with Crippen LogP contribution in [-0.2, 0) is 4.79 Å². The Labute approximate surface area is 251 Å². The lowest BCUT2D eigenvalue weighted by Gasteiger charge is -2.23. The highest BCUT2D eigenvalue weighted by molar-refractivity contribution is 6.04. The van der Waals surface area contributed by atoms with Crippen LogP contribution in [-0.4, -0.2) is 40.5 Å². The lowest BCUT2D eigenvalue weighted by atomic mass is 9.88. The number of rotatable bonds is 15. The van der Waals surface area contributed by atoms with E-state index in [-0.39, 0.29) is 23.4 Å². The van der Waals surface area contributed by atoms with Crippen LogP contribution in [0.3, 0.4) is 0 Å². The van der Waals surface area contributed by atoms with Gasteiger partial charge in [0, 0.05) is 29.8 Å². The number of aliphatic hydroxyl groups is 2. The molecule has 0 spiro atoms. The maximum atomic E-state index is 13.1. The van der Waals surface area contributed by atoms with E-state index in [2.05, 4.69) is 28.5 Å². The van der Waals surface area contributed by atoms with Crippen molar-refractivity contribution in [2.45, 2.75) is 99.7 Å². The van der Waals surface area contributed by atoms with Crippen molar-refractivity contribution in [1.29, 1.82) is 0 Å². The number of nitrogens with zero attached hydrogens (tertiary/aromatic N) is 1. The van der Waals surface area contributed by atoms with Crippen molar-refractivity contribution in [2.75, 3.05) is 6.61 Å². The second-order valence-electron chi connectivity index (χ2n) is 10.0. The van der Waals surface area contributed by atoms with Crippen molar-refractivity contribution < 1.29 is 28.5 Å². The number of unbranched alkanes of at least 4 members (excludes halogenated alkanes) is 1. The third kappa shape index (κ3) is 14.6. The first-order valence-electron chi connectivity index (χ1n) is 14.6. The Morgan fingerprint density at radius 3 is 2.19 bits per heavy atom. The van der Waals surface area contributed by atoms with Gasteiger partial charge in [-0.3, -0.25) is 9.79 Å². The smallest absolute Gasteiger partial charge is 0.394 e. The molecule has 1 aromatic carbocycles. The van der Waals surface area contributed by atoms with Crippen molar-refractivity contribution >= 4 is 17.2 Å². The average Bonchev–Trinajstić information content (AvgIpc) is 2.95. The SMILES string of the molecule is CC#CC(=O)C(C)CC.CCC/C=C/C=C(\C(C(C)=Nc1ccc(OC(C)(F)F)cc1)=C(\N)C(CC)CC)C(O)CO. The van der Waals surface area contributed by atoms with Crippen LogP contribution in [0.5, 0.6) is 5.75 Å². The van der Waals surface area contributed by atoms with E-state index in [0.717, 1.165) is 32.1 Å². The maximum Gasteiger partial charge on any atom is 0.394 e. The number of aliphatic hydroxyl groups excluding tert-OH is 2. The minimum absolute atomic E-state index is 0.0313. The van der Waals surface area contributed by atoms with Gasteiger partial charge in [0.25, 0.3) is 0 Å². The lowest BCUT2D eigenvalue weighted by Crippen LogP contribution is -2.25. The lowest BCUT2D eigenvalue weighted by molar-refractivity contribution is -0.158. The molecule has 0 aromatic heterocycles. The summed E-state index contributed by atoms with van der Waals surface area (Å²) in [6.07, 6.45) is 5.58. The molecule has 0 saturated carbocycles. The highest BCUT2D eigenvalue weighted by Crippen LogP contribution is 2.29. The Hall–Kier alpha value is -3.28. The minimum atomic E-state index is -3.27. The largest absolute Gasteiger partial charge is 0.433 e. The molecule has 2 unspecified atom stereocenters. The van der Waals surface area contributed by atoms with Crippen LogP contribution in [0.2, 0.25) is 0 Å². The standard InChI is InChI=1S/C26H38F2N2O3.C8H12O/c1-6-9-10-11-12-22(23(32)17-31)24(25(29)19(7-2)8-3)18(4)30-20-13-15-21(16-14-20)33-26(5,27)28;1-4-6-8(9)7(3)5-2/h10-16,19,23,31-32H,6-9,17,29H2,1-5H3;7H,5H2,1-3H3/b11-10+,22-12-,25-24+,30-18?;. The summed E-state index contributed by atoms with van der Waals surface area (Å²) >= 11 is 0. The van der Waals surface area contributed by atoms with Gasteiger partial charge in [-0.1, -0.05) is 65.2 Å². The molecule has 0 fully saturated rings. The molecule has 0 amide bonds. The van der Waals surface area contributed by atoms with Gasteiger partial charge in [-0.05, 0) is 81.2 Å². The Morgan fingerprint density at radius 2 is 1.74 bits per heavy atom. The van der Waals surface area contributed by atoms with E-state index in [0.29, 0.717) is 35.2 Å².